The lowest BCUT2D eigenvalue weighted by Gasteiger charge is -2.37. The number of nitriles is 1. The highest BCUT2D eigenvalue weighted by Crippen LogP contribution is 2.39. The molecule has 0 bridgehead atoms. The van der Waals surface area contributed by atoms with E-state index in [1.807, 2.05) is 50.2 Å². The van der Waals surface area contributed by atoms with E-state index in [9.17, 15) is 18.4 Å². The summed E-state index contributed by atoms with van der Waals surface area (Å²) < 4.78 is 39.3. The second kappa shape index (κ2) is 11.8. The van der Waals surface area contributed by atoms with E-state index in [4.69, 9.17) is 0 Å². The maximum absolute atomic E-state index is 13.1. The third-order valence-electron chi connectivity index (χ3n) is 7.46. The lowest BCUT2D eigenvalue weighted by Crippen LogP contribution is -2.35. The Morgan fingerprint density at radius 1 is 0.722 bits per heavy atom. The van der Waals surface area contributed by atoms with Crippen LogP contribution in [0.25, 0.3) is 0 Å². The minimum atomic E-state index is -4.40. The van der Waals surface area contributed by atoms with Gasteiger partial charge in [-0.15, -0.1) is 0 Å². The highest BCUT2D eigenvalue weighted by atomic mass is 19.4. The van der Waals surface area contributed by atoms with Crippen LogP contribution in [0.5, 0.6) is 0 Å². The molecule has 0 fully saturated rings. The minimum Gasteiger partial charge on any atom is -0.290 e. The SMILES string of the molecule is CC(c1ccccc1)N(CCCC(C#N)(c1ccc(C(F)(F)F)cc1)C(C)C)C(C)c1ccccc1. The fourth-order valence-electron chi connectivity index (χ4n) is 5.08. The molecule has 3 aromatic rings. The van der Waals surface area contributed by atoms with Gasteiger partial charge in [-0.25, -0.2) is 0 Å². The summed E-state index contributed by atoms with van der Waals surface area (Å²) >= 11 is 0. The van der Waals surface area contributed by atoms with Gasteiger partial charge in [0.2, 0.25) is 0 Å². The van der Waals surface area contributed by atoms with Crippen LogP contribution in [0, 0.1) is 17.2 Å². The second-order valence-corrected chi connectivity index (χ2v) is 9.83. The molecular weight excluding hydrogens is 457 g/mol. The summed E-state index contributed by atoms with van der Waals surface area (Å²) in [6.45, 7) is 9.09. The predicted octanol–water partition coefficient (Wildman–Crippen LogP) is 8.73. The molecular formula is C31H35F3N2. The Bertz CT molecular complexity index is 1070. The largest absolute Gasteiger partial charge is 0.416 e. The molecule has 36 heavy (non-hydrogen) atoms. The van der Waals surface area contributed by atoms with Crippen LogP contribution in [0.1, 0.15) is 74.9 Å². The quantitative estimate of drug-likeness (QED) is 0.283. The summed E-state index contributed by atoms with van der Waals surface area (Å²) in [5, 5.41) is 10.3. The first-order valence-electron chi connectivity index (χ1n) is 12.5. The van der Waals surface area contributed by atoms with Gasteiger partial charge < -0.3 is 0 Å². The van der Waals surface area contributed by atoms with Gasteiger partial charge in [0.15, 0.2) is 0 Å². The molecule has 0 aromatic heterocycles. The topological polar surface area (TPSA) is 27.0 Å². The van der Waals surface area contributed by atoms with Crippen molar-refractivity contribution in [3.63, 3.8) is 0 Å². The molecule has 0 aliphatic carbocycles. The monoisotopic (exact) mass is 492 g/mol. The van der Waals surface area contributed by atoms with Gasteiger partial charge in [0.25, 0.3) is 0 Å². The number of hydrogen-bond acceptors (Lipinski definition) is 2. The van der Waals surface area contributed by atoms with Crippen LogP contribution in [-0.4, -0.2) is 11.4 Å². The van der Waals surface area contributed by atoms with Crippen molar-refractivity contribution in [2.45, 2.75) is 64.2 Å². The fraction of sp³-hybridized carbons (Fsp3) is 0.387. The molecule has 0 aliphatic rings. The Kier molecular flexibility index (Phi) is 8.98. The van der Waals surface area contributed by atoms with Crippen molar-refractivity contribution in [2.24, 2.45) is 5.92 Å². The lowest BCUT2D eigenvalue weighted by molar-refractivity contribution is -0.137. The van der Waals surface area contributed by atoms with Crippen LogP contribution in [0.3, 0.4) is 0 Å². The van der Waals surface area contributed by atoms with Gasteiger partial charge in [0.1, 0.15) is 0 Å². The Balaban J connectivity index is 1.85. The summed E-state index contributed by atoms with van der Waals surface area (Å²) in [4.78, 5) is 2.44. The van der Waals surface area contributed by atoms with E-state index in [-0.39, 0.29) is 18.0 Å². The van der Waals surface area contributed by atoms with E-state index in [0.29, 0.717) is 12.0 Å². The van der Waals surface area contributed by atoms with Crippen molar-refractivity contribution in [3.05, 3.63) is 107 Å². The highest BCUT2D eigenvalue weighted by Gasteiger charge is 2.37. The zero-order valence-electron chi connectivity index (χ0n) is 21.5. The number of halogens is 3. The van der Waals surface area contributed by atoms with Gasteiger partial charge >= 0.3 is 6.18 Å². The van der Waals surface area contributed by atoms with Gasteiger partial charge in [-0.2, -0.15) is 18.4 Å². The molecule has 0 radical (unpaired) electrons. The smallest absolute Gasteiger partial charge is 0.290 e. The molecule has 0 amide bonds. The van der Waals surface area contributed by atoms with Crippen molar-refractivity contribution in [1.29, 1.82) is 5.26 Å². The third-order valence-corrected chi connectivity index (χ3v) is 7.46. The highest BCUT2D eigenvalue weighted by molar-refractivity contribution is 5.36. The molecule has 5 heteroatoms. The summed E-state index contributed by atoms with van der Waals surface area (Å²) in [7, 11) is 0. The zero-order chi connectivity index (χ0) is 26.3. The van der Waals surface area contributed by atoms with Crippen molar-refractivity contribution < 1.29 is 13.2 Å². The van der Waals surface area contributed by atoms with Gasteiger partial charge in [-0.05, 0) is 68.0 Å². The first kappa shape index (κ1) is 27.5. The number of nitrogens with zero attached hydrogens (tertiary/aromatic N) is 2. The van der Waals surface area contributed by atoms with Crippen molar-refractivity contribution in [2.75, 3.05) is 6.54 Å². The summed E-state index contributed by atoms with van der Waals surface area (Å²) in [6.07, 6.45) is -3.10. The predicted molar refractivity (Wildman–Crippen MR) is 139 cm³/mol. The summed E-state index contributed by atoms with van der Waals surface area (Å²) in [5.41, 5.74) is 1.53. The molecule has 3 unspecified atom stereocenters. The van der Waals surface area contributed by atoms with E-state index in [1.165, 1.54) is 23.3 Å². The van der Waals surface area contributed by atoms with Crippen molar-refractivity contribution in [1.82, 2.24) is 4.90 Å². The van der Waals surface area contributed by atoms with E-state index < -0.39 is 17.2 Å². The fourth-order valence-corrected chi connectivity index (χ4v) is 5.08. The standard InChI is InChI=1S/C31H35F3N2/c1-23(2)30(22-35,28-16-18-29(19-17-28)31(32,33)34)20-11-21-36(24(3)26-12-7-5-8-13-26)25(4)27-14-9-6-10-15-27/h5-10,12-19,23-25H,11,20-21H2,1-4H3. The van der Waals surface area contributed by atoms with Crippen LogP contribution < -0.4 is 0 Å². The molecule has 0 saturated carbocycles. The molecule has 3 rings (SSSR count). The Morgan fingerprint density at radius 3 is 1.56 bits per heavy atom. The Labute approximate surface area is 213 Å². The molecule has 0 N–H and O–H groups in total. The molecule has 0 saturated heterocycles. The van der Waals surface area contributed by atoms with E-state index >= 15 is 0 Å². The average molecular weight is 493 g/mol. The summed E-state index contributed by atoms with van der Waals surface area (Å²) in [6, 6.07) is 28.6. The Hall–Kier alpha value is -3.10. The van der Waals surface area contributed by atoms with E-state index in [0.717, 1.165) is 25.1 Å². The van der Waals surface area contributed by atoms with E-state index in [2.05, 4.69) is 49.1 Å². The van der Waals surface area contributed by atoms with Gasteiger partial charge in [-0.3, -0.25) is 4.90 Å². The van der Waals surface area contributed by atoms with Crippen LogP contribution in [0.15, 0.2) is 84.9 Å². The molecule has 0 heterocycles. The van der Waals surface area contributed by atoms with Crippen molar-refractivity contribution in [3.8, 4) is 6.07 Å². The number of benzene rings is 3. The van der Waals surface area contributed by atoms with Crippen molar-refractivity contribution >= 4 is 0 Å². The minimum absolute atomic E-state index is 0.0502. The maximum atomic E-state index is 13.1. The van der Waals surface area contributed by atoms with Crippen LogP contribution in [0.4, 0.5) is 13.2 Å². The van der Waals surface area contributed by atoms with Crippen LogP contribution >= 0.6 is 0 Å². The first-order valence-corrected chi connectivity index (χ1v) is 12.5. The second-order valence-electron chi connectivity index (χ2n) is 9.83. The molecule has 0 spiro atoms. The number of rotatable bonds is 10. The average Bonchev–Trinajstić information content (AvgIpc) is 2.89. The molecule has 190 valence electrons. The summed E-state index contributed by atoms with van der Waals surface area (Å²) in [5.74, 6) is -0.0502. The van der Waals surface area contributed by atoms with Gasteiger partial charge in [0, 0.05) is 12.1 Å². The molecule has 3 atom stereocenters. The number of alkyl halides is 3. The lowest BCUT2D eigenvalue weighted by atomic mass is 9.69. The zero-order valence-corrected chi connectivity index (χ0v) is 21.5. The maximum Gasteiger partial charge on any atom is 0.416 e. The van der Waals surface area contributed by atoms with E-state index in [1.54, 1.807) is 0 Å². The Morgan fingerprint density at radius 2 is 1.17 bits per heavy atom. The van der Waals surface area contributed by atoms with Crippen LogP contribution in [-0.2, 0) is 11.6 Å². The number of hydrogen-bond donors (Lipinski definition) is 0. The molecule has 3 aromatic carbocycles. The molecule has 0 aliphatic heterocycles. The normalized spacial score (nSPS) is 15.3. The molecule has 2 nitrogen and oxygen atoms in total. The first-order chi connectivity index (χ1) is 17.1. The third kappa shape index (κ3) is 6.17. The van der Waals surface area contributed by atoms with Crippen LogP contribution in [0.2, 0.25) is 0 Å². The van der Waals surface area contributed by atoms with Gasteiger partial charge in [-0.1, -0.05) is 86.6 Å². The van der Waals surface area contributed by atoms with Gasteiger partial charge in [0.05, 0.1) is 17.0 Å².